The van der Waals surface area contributed by atoms with Gasteiger partial charge in [-0.2, -0.15) is 0 Å². The maximum atomic E-state index is 3.35. The molecule has 0 atom stereocenters. The van der Waals surface area contributed by atoms with Crippen LogP contribution in [0.3, 0.4) is 0 Å². The van der Waals surface area contributed by atoms with Crippen molar-refractivity contribution in [2.24, 2.45) is 0 Å². The first-order valence-corrected chi connectivity index (χ1v) is 3.63. The van der Waals surface area contributed by atoms with E-state index in [1.54, 1.807) is 0 Å². The predicted molar refractivity (Wildman–Crippen MR) is 37.4 cm³/mol. The van der Waals surface area contributed by atoms with Crippen LogP contribution >= 0.6 is 15.9 Å². The average molecular weight is 177 g/mol. The van der Waals surface area contributed by atoms with Crippen LogP contribution in [0, 0.1) is 0 Å². The van der Waals surface area contributed by atoms with Crippen LogP contribution in [-0.4, -0.2) is 29.0 Å². The molecule has 0 aliphatic carbocycles. The molecule has 0 unspecified atom stereocenters. The summed E-state index contributed by atoms with van der Waals surface area (Å²) in [6.07, 6.45) is 4.12. The van der Waals surface area contributed by atoms with Gasteiger partial charge in [0.1, 0.15) is 0 Å². The van der Waals surface area contributed by atoms with Crippen LogP contribution in [0.25, 0.3) is 0 Å². The number of hydrogen-bond donors (Lipinski definition) is 0. The van der Waals surface area contributed by atoms with Crippen LogP contribution in [0.15, 0.2) is 12.4 Å². The lowest BCUT2D eigenvalue weighted by Gasteiger charge is -2.13. The minimum absolute atomic E-state index is 0.924. The highest BCUT2D eigenvalue weighted by Crippen LogP contribution is 2.03. The molecule has 0 saturated heterocycles. The Morgan fingerprint density at radius 3 is 2.62 bits per heavy atom. The fraction of sp³-hybridized carbons (Fsp3) is 0.600. The lowest BCUT2D eigenvalue weighted by Crippen LogP contribution is -2.20. The minimum atomic E-state index is 0.924. The summed E-state index contributed by atoms with van der Waals surface area (Å²) in [5.74, 6) is 0. The second kappa shape index (κ2) is 2.40. The van der Waals surface area contributed by atoms with E-state index in [0.29, 0.717) is 0 Å². The highest BCUT2D eigenvalue weighted by atomic mass is 79.9. The first-order chi connectivity index (χ1) is 3.83. The Balaban J connectivity index is 2.34. The lowest BCUT2D eigenvalue weighted by atomic mass is 10.9. The molecule has 46 valence electrons. The van der Waals surface area contributed by atoms with E-state index in [1.165, 1.54) is 0 Å². The predicted octanol–water partition coefficient (Wildman–Crippen LogP) is 1.01. The molecule has 0 N–H and O–H groups in total. The summed E-state index contributed by atoms with van der Waals surface area (Å²) >= 11 is 3.35. The number of halogens is 1. The number of alkyl halides is 1. The molecule has 1 aliphatic rings. The summed E-state index contributed by atoms with van der Waals surface area (Å²) in [6, 6.07) is 0. The molecule has 1 heterocycles. The second-order valence-electron chi connectivity index (χ2n) is 1.90. The van der Waals surface area contributed by atoms with Gasteiger partial charge < -0.3 is 9.80 Å². The molecule has 0 radical (unpaired) electrons. The van der Waals surface area contributed by atoms with Crippen molar-refractivity contribution >= 4 is 15.9 Å². The van der Waals surface area contributed by atoms with E-state index < -0.39 is 0 Å². The monoisotopic (exact) mass is 176 g/mol. The maximum absolute atomic E-state index is 3.35. The van der Waals surface area contributed by atoms with Crippen LogP contribution in [-0.2, 0) is 0 Å². The summed E-state index contributed by atoms with van der Waals surface area (Å²) < 4.78 is 0. The molecule has 1 rings (SSSR count). The molecule has 8 heavy (non-hydrogen) atoms. The van der Waals surface area contributed by atoms with Crippen molar-refractivity contribution in [1.29, 1.82) is 0 Å². The van der Waals surface area contributed by atoms with Crippen molar-refractivity contribution in [2.45, 2.75) is 0 Å². The Kier molecular flexibility index (Phi) is 1.78. The van der Waals surface area contributed by atoms with Gasteiger partial charge in [-0.15, -0.1) is 0 Å². The topological polar surface area (TPSA) is 6.48 Å². The fourth-order valence-electron chi connectivity index (χ4n) is 0.667. The smallest absolute Gasteiger partial charge is 0.0898 e. The standard InChI is InChI=1S/C5H9BrN2/c1-7-2-3-8(4-6)5-7/h2-3H,4-5H2,1H3. The first kappa shape index (κ1) is 5.95. The van der Waals surface area contributed by atoms with E-state index in [-0.39, 0.29) is 0 Å². The molecule has 0 bridgehead atoms. The van der Waals surface area contributed by atoms with Gasteiger partial charge >= 0.3 is 0 Å². The molecule has 1 aliphatic heterocycles. The molecular weight excluding hydrogens is 168 g/mol. The van der Waals surface area contributed by atoms with Gasteiger partial charge in [0.25, 0.3) is 0 Å². The third-order valence-corrected chi connectivity index (χ3v) is 1.73. The Labute approximate surface area is 57.9 Å². The molecule has 0 aromatic heterocycles. The molecular formula is C5H9BrN2. The normalized spacial score (nSPS) is 18.2. The Morgan fingerprint density at radius 1 is 1.62 bits per heavy atom. The molecule has 0 spiro atoms. The van der Waals surface area contributed by atoms with Crippen molar-refractivity contribution in [3.63, 3.8) is 0 Å². The van der Waals surface area contributed by atoms with E-state index >= 15 is 0 Å². The van der Waals surface area contributed by atoms with Crippen LogP contribution in [0.1, 0.15) is 0 Å². The number of hydrogen-bond acceptors (Lipinski definition) is 2. The van der Waals surface area contributed by atoms with Crippen LogP contribution in [0.5, 0.6) is 0 Å². The van der Waals surface area contributed by atoms with Crippen molar-refractivity contribution in [3.8, 4) is 0 Å². The maximum Gasteiger partial charge on any atom is 0.0898 e. The van der Waals surface area contributed by atoms with E-state index in [1.807, 2.05) is 0 Å². The first-order valence-electron chi connectivity index (χ1n) is 2.51. The van der Waals surface area contributed by atoms with Crippen LogP contribution in [0.4, 0.5) is 0 Å². The van der Waals surface area contributed by atoms with Crippen molar-refractivity contribution < 1.29 is 0 Å². The third-order valence-electron chi connectivity index (χ3n) is 1.09. The average Bonchev–Trinajstić information content (AvgIpc) is 2.14. The molecule has 0 amide bonds. The molecule has 0 aromatic rings. The quantitative estimate of drug-likeness (QED) is 0.435. The summed E-state index contributed by atoms with van der Waals surface area (Å²) in [5.41, 5.74) is 0.924. The molecule has 0 fully saturated rings. The van der Waals surface area contributed by atoms with Gasteiger partial charge in [-0.05, 0) is 0 Å². The molecule has 2 nitrogen and oxygen atoms in total. The zero-order chi connectivity index (χ0) is 5.98. The van der Waals surface area contributed by atoms with Gasteiger partial charge in [-0.25, -0.2) is 0 Å². The van der Waals surface area contributed by atoms with Gasteiger partial charge in [0.05, 0.1) is 12.1 Å². The third kappa shape index (κ3) is 1.15. The highest BCUT2D eigenvalue weighted by Gasteiger charge is 2.04. The van der Waals surface area contributed by atoms with Crippen molar-refractivity contribution in [1.82, 2.24) is 9.80 Å². The SMILES string of the molecule is CN1C=CN(CBr)C1. The molecule has 0 aromatic carbocycles. The van der Waals surface area contributed by atoms with Gasteiger partial charge in [-0.3, -0.25) is 0 Å². The zero-order valence-electron chi connectivity index (χ0n) is 4.84. The number of rotatable bonds is 1. The minimum Gasteiger partial charge on any atom is -0.362 e. The van der Waals surface area contributed by atoms with Gasteiger partial charge in [0.15, 0.2) is 0 Å². The van der Waals surface area contributed by atoms with Gasteiger partial charge in [-0.1, -0.05) is 15.9 Å². The molecule has 3 heteroatoms. The van der Waals surface area contributed by atoms with Crippen molar-refractivity contribution in [2.75, 3.05) is 19.2 Å². The van der Waals surface area contributed by atoms with E-state index in [4.69, 9.17) is 0 Å². The van der Waals surface area contributed by atoms with E-state index in [2.05, 4.69) is 45.2 Å². The van der Waals surface area contributed by atoms with E-state index in [0.717, 1.165) is 12.1 Å². The second-order valence-corrected chi connectivity index (χ2v) is 2.41. The Bertz CT molecular complexity index is 103. The summed E-state index contributed by atoms with van der Waals surface area (Å²) in [4.78, 5) is 4.29. The lowest BCUT2D eigenvalue weighted by molar-refractivity contribution is 0.333. The summed E-state index contributed by atoms with van der Waals surface area (Å²) in [6.45, 7) is 1.01. The van der Waals surface area contributed by atoms with Crippen LogP contribution in [0.2, 0.25) is 0 Å². The number of nitrogens with zero attached hydrogens (tertiary/aromatic N) is 2. The van der Waals surface area contributed by atoms with Crippen LogP contribution < -0.4 is 0 Å². The Hall–Kier alpha value is -0.180. The van der Waals surface area contributed by atoms with E-state index in [9.17, 15) is 0 Å². The summed E-state index contributed by atoms with van der Waals surface area (Å²) in [5, 5.41) is 0. The van der Waals surface area contributed by atoms with Crippen molar-refractivity contribution in [3.05, 3.63) is 12.4 Å². The fourth-order valence-corrected chi connectivity index (χ4v) is 0.992. The summed E-state index contributed by atoms with van der Waals surface area (Å²) in [7, 11) is 2.05. The highest BCUT2D eigenvalue weighted by molar-refractivity contribution is 9.09. The molecule has 0 saturated carbocycles. The van der Waals surface area contributed by atoms with Gasteiger partial charge in [0.2, 0.25) is 0 Å². The zero-order valence-corrected chi connectivity index (χ0v) is 6.43. The van der Waals surface area contributed by atoms with Gasteiger partial charge in [0, 0.05) is 19.4 Å². The Morgan fingerprint density at radius 2 is 2.38 bits per heavy atom. The largest absolute Gasteiger partial charge is 0.362 e.